The molecule has 2 N–H and O–H groups in total. The molecule has 0 saturated heterocycles. The molecule has 47 heavy (non-hydrogen) atoms. The number of amides is 2. The van der Waals surface area contributed by atoms with Crippen LogP contribution in [0.4, 0.5) is 0 Å². The van der Waals surface area contributed by atoms with Crippen LogP contribution in [0, 0.1) is 22.7 Å². The summed E-state index contributed by atoms with van der Waals surface area (Å²) in [6, 6.07) is 49.2. The molecule has 0 saturated carbocycles. The highest BCUT2D eigenvalue weighted by atomic mass is 16.2. The molecule has 2 amide bonds. The molecule has 0 unspecified atom stereocenters. The largest absolute Gasteiger partial charge is 0.347 e. The topological polar surface area (TPSA) is 106 Å². The minimum Gasteiger partial charge on any atom is -0.347 e. The lowest BCUT2D eigenvalue weighted by molar-refractivity contribution is -0.118. The van der Waals surface area contributed by atoms with Crippen molar-refractivity contribution < 1.29 is 9.59 Å². The normalized spacial score (nSPS) is 9.83. The van der Waals surface area contributed by atoms with Crippen molar-refractivity contribution in [3.63, 3.8) is 0 Å². The molecule has 0 fully saturated rings. The summed E-state index contributed by atoms with van der Waals surface area (Å²) in [5.41, 5.74) is 5.83. The molecule has 5 aromatic carbocycles. The summed E-state index contributed by atoms with van der Waals surface area (Å²) in [5.74, 6) is -0.968. The second-order valence-corrected chi connectivity index (χ2v) is 10.4. The van der Waals surface area contributed by atoms with Gasteiger partial charge in [0.05, 0.1) is 0 Å². The summed E-state index contributed by atoms with van der Waals surface area (Å²) in [7, 11) is 0. The molecule has 0 aliphatic heterocycles. The van der Waals surface area contributed by atoms with Gasteiger partial charge in [0.2, 0.25) is 0 Å². The second-order valence-electron chi connectivity index (χ2n) is 10.4. The first-order valence-electron chi connectivity index (χ1n) is 14.7. The van der Waals surface area contributed by atoms with Crippen LogP contribution in [0.2, 0.25) is 0 Å². The van der Waals surface area contributed by atoms with Gasteiger partial charge in [-0.2, -0.15) is 10.5 Å². The summed E-state index contributed by atoms with van der Waals surface area (Å²) < 4.78 is 0. The van der Waals surface area contributed by atoms with Gasteiger partial charge >= 0.3 is 0 Å². The minimum absolute atomic E-state index is 0. The Balaban J connectivity index is 0.00000500. The number of nitrogens with one attached hydrogen (secondary N) is 2. The van der Waals surface area contributed by atoms with Gasteiger partial charge in [0.1, 0.15) is 23.3 Å². The Morgan fingerprint density at radius 1 is 0.468 bits per heavy atom. The van der Waals surface area contributed by atoms with E-state index in [-0.39, 0.29) is 31.7 Å². The molecule has 0 aliphatic carbocycles. The van der Waals surface area contributed by atoms with E-state index < -0.39 is 11.8 Å². The molecule has 0 bridgehead atoms. The maximum absolute atomic E-state index is 13.4. The third kappa shape index (κ3) is 8.36. The van der Waals surface area contributed by atoms with Gasteiger partial charge in [-0.25, -0.2) is 0 Å². The van der Waals surface area contributed by atoms with Crippen molar-refractivity contribution in [2.24, 2.45) is 0 Å². The van der Waals surface area contributed by atoms with Gasteiger partial charge in [-0.3, -0.25) is 9.59 Å². The molecule has 6 heteroatoms. The van der Waals surface area contributed by atoms with Gasteiger partial charge < -0.3 is 10.6 Å². The zero-order chi connectivity index (χ0) is 32.1. The summed E-state index contributed by atoms with van der Waals surface area (Å²) in [4.78, 5) is 26.7. The Labute approximate surface area is 276 Å². The fourth-order valence-electron chi connectivity index (χ4n) is 5.16. The number of rotatable bonds is 10. The van der Waals surface area contributed by atoms with Crippen LogP contribution in [0.15, 0.2) is 157 Å². The van der Waals surface area contributed by atoms with Crippen LogP contribution in [0.1, 0.15) is 40.8 Å². The molecule has 0 aromatic heterocycles. The van der Waals surface area contributed by atoms with Gasteiger partial charge in [0, 0.05) is 24.2 Å². The van der Waals surface area contributed by atoms with Crippen LogP contribution >= 0.6 is 0 Å². The highest BCUT2D eigenvalue weighted by Gasteiger charge is 2.20. The van der Waals surface area contributed by atoms with E-state index in [1.165, 1.54) is 0 Å². The number of hydrogen-bond acceptors (Lipinski definition) is 4. The first kappa shape index (κ1) is 33.4. The molecular weight excluding hydrogens is 580 g/mol. The first-order valence-corrected chi connectivity index (χ1v) is 14.7. The summed E-state index contributed by atoms with van der Waals surface area (Å²) in [6.07, 6.45) is 0. The molecule has 5 rings (SSSR count). The van der Waals surface area contributed by atoms with Crippen LogP contribution in [-0.2, 0) is 22.7 Å². The third-order valence-electron chi connectivity index (χ3n) is 7.33. The molecule has 0 heterocycles. The van der Waals surface area contributed by atoms with Crippen LogP contribution in [-0.4, -0.2) is 11.8 Å². The van der Waals surface area contributed by atoms with Crippen molar-refractivity contribution >= 4 is 23.0 Å². The molecule has 230 valence electrons. The zero-order valence-electron chi connectivity index (χ0n) is 25.0. The van der Waals surface area contributed by atoms with E-state index in [0.29, 0.717) is 11.1 Å². The Kier molecular flexibility index (Phi) is 11.8. The third-order valence-corrected chi connectivity index (χ3v) is 7.33. The predicted octanol–water partition coefficient (Wildman–Crippen LogP) is 7.61. The van der Waals surface area contributed by atoms with Gasteiger partial charge in [-0.05, 0) is 33.4 Å². The van der Waals surface area contributed by atoms with Crippen LogP contribution in [0.5, 0.6) is 0 Å². The number of benzene rings is 5. The van der Waals surface area contributed by atoms with Gasteiger partial charge in [0.25, 0.3) is 11.8 Å². The van der Waals surface area contributed by atoms with Gasteiger partial charge in [-0.15, -0.1) is 0 Å². The fourth-order valence-corrected chi connectivity index (χ4v) is 5.16. The minimum atomic E-state index is -0.484. The Morgan fingerprint density at radius 2 is 0.766 bits per heavy atom. The predicted molar refractivity (Wildman–Crippen MR) is 186 cm³/mol. The lowest BCUT2D eigenvalue weighted by Gasteiger charge is -2.13. The highest BCUT2D eigenvalue weighted by molar-refractivity contribution is 6.08. The maximum Gasteiger partial charge on any atom is 0.262 e. The molecule has 0 atom stereocenters. The van der Waals surface area contributed by atoms with E-state index in [9.17, 15) is 20.1 Å². The van der Waals surface area contributed by atoms with Crippen molar-refractivity contribution in [3.8, 4) is 12.1 Å². The van der Waals surface area contributed by atoms with Gasteiger partial charge in [-0.1, -0.05) is 153 Å². The fraction of sp³-hybridized carbons (Fsp3) is 0.0732. The van der Waals surface area contributed by atoms with E-state index in [4.69, 9.17) is 0 Å². The first-order chi connectivity index (χ1) is 22.6. The summed E-state index contributed by atoms with van der Waals surface area (Å²) in [5, 5.41) is 25.9. The monoisotopic (exact) mass is 614 g/mol. The summed E-state index contributed by atoms with van der Waals surface area (Å²) in [6.45, 7) is 0.357. The van der Waals surface area contributed by atoms with Crippen molar-refractivity contribution in [1.29, 1.82) is 10.5 Å². The van der Waals surface area contributed by atoms with E-state index >= 15 is 0 Å². The molecule has 0 radical (unpaired) electrons. The Bertz CT molecular complexity index is 1740. The highest BCUT2D eigenvalue weighted by Crippen LogP contribution is 2.28. The zero-order valence-corrected chi connectivity index (χ0v) is 25.0. The standard InChI is InChI=1S/C40H30N4O2.CH4/c41-25-35(37(31-16-5-1-6-17-31)32-18-7-2-8-19-32)39(45)43-27-29-14-13-15-30(24-29)28-44-40(46)36(26-42)38(33-20-9-3-10-21-33)34-22-11-4-12-23-34;/h1-24H,27-28H2,(H,43,45)(H,44,46);1H4. The number of hydrogen-bond donors (Lipinski definition) is 2. The van der Waals surface area contributed by atoms with Crippen LogP contribution in [0.3, 0.4) is 0 Å². The van der Waals surface area contributed by atoms with E-state index in [0.717, 1.165) is 33.4 Å². The molecular formula is C41H34N4O2. The smallest absolute Gasteiger partial charge is 0.262 e. The molecule has 0 aliphatic rings. The SMILES string of the molecule is C.N#CC(C(=O)NCc1cccc(CNC(=O)C(C#N)=C(c2ccccc2)c2ccccc2)c1)=C(c1ccccc1)c1ccccc1. The van der Waals surface area contributed by atoms with Crippen molar-refractivity contribution in [1.82, 2.24) is 10.6 Å². The van der Waals surface area contributed by atoms with E-state index in [1.807, 2.05) is 146 Å². The number of carbonyl (C=O) groups is 2. The second kappa shape index (κ2) is 16.5. The number of nitriles is 2. The maximum atomic E-state index is 13.4. The van der Waals surface area contributed by atoms with Crippen molar-refractivity contribution in [2.45, 2.75) is 20.5 Å². The van der Waals surface area contributed by atoms with E-state index in [2.05, 4.69) is 22.8 Å². The number of carbonyl (C=O) groups excluding carboxylic acids is 2. The molecule has 5 aromatic rings. The lowest BCUT2D eigenvalue weighted by Crippen LogP contribution is -2.26. The Hall–Kier alpha value is -6.50. The molecule has 0 spiro atoms. The van der Waals surface area contributed by atoms with E-state index in [1.54, 1.807) is 0 Å². The van der Waals surface area contributed by atoms with Crippen molar-refractivity contribution in [3.05, 3.63) is 190 Å². The van der Waals surface area contributed by atoms with Crippen molar-refractivity contribution in [2.75, 3.05) is 0 Å². The average molecular weight is 615 g/mol. The molecule has 6 nitrogen and oxygen atoms in total. The van der Waals surface area contributed by atoms with Crippen LogP contribution < -0.4 is 10.6 Å². The van der Waals surface area contributed by atoms with Gasteiger partial charge in [0.15, 0.2) is 0 Å². The quantitative estimate of drug-likeness (QED) is 0.125. The number of nitrogens with zero attached hydrogens (tertiary/aromatic N) is 2. The average Bonchev–Trinajstić information content (AvgIpc) is 3.12. The van der Waals surface area contributed by atoms with Crippen LogP contribution in [0.25, 0.3) is 11.1 Å². The lowest BCUT2D eigenvalue weighted by atomic mass is 9.93. The summed E-state index contributed by atoms with van der Waals surface area (Å²) >= 11 is 0. The Morgan fingerprint density at radius 3 is 1.04 bits per heavy atom.